The van der Waals surface area contributed by atoms with Crippen molar-refractivity contribution in [2.24, 2.45) is 0 Å². The van der Waals surface area contributed by atoms with Crippen LogP contribution in [0.4, 0.5) is 20.6 Å². The maximum absolute atomic E-state index is 13.2. The summed E-state index contributed by atoms with van der Waals surface area (Å²) in [5.74, 6) is -0.809. The summed E-state index contributed by atoms with van der Waals surface area (Å²) in [6, 6.07) is 11.9. The SMILES string of the molecule is CCN(CC)CCNC(=O)Nc1cccc(C(=O)Nc2cccc(F)c2)c1. The molecule has 0 aliphatic carbocycles. The Morgan fingerprint density at radius 1 is 0.963 bits per heavy atom. The molecular weight excluding hydrogens is 347 g/mol. The van der Waals surface area contributed by atoms with Crippen molar-refractivity contribution in [3.63, 3.8) is 0 Å². The molecular formula is C20H25FN4O2. The van der Waals surface area contributed by atoms with Crippen LogP contribution in [0.3, 0.4) is 0 Å². The number of benzene rings is 2. The summed E-state index contributed by atoms with van der Waals surface area (Å²) < 4.78 is 13.2. The molecule has 0 radical (unpaired) electrons. The Balaban J connectivity index is 1.90. The molecule has 0 bridgehead atoms. The van der Waals surface area contributed by atoms with E-state index >= 15 is 0 Å². The second-order valence-corrected chi connectivity index (χ2v) is 5.95. The number of hydrogen-bond donors (Lipinski definition) is 3. The molecule has 0 saturated carbocycles. The first-order chi connectivity index (χ1) is 13.0. The molecule has 3 N–H and O–H groups in total. The molecule has 0 fully saturated rings. The van der Waals surface area contributed by atoms with Crippen molar-refractivity contribution in [2.75, 3.05) is 36.8 Å². The van der Waals surface area contributed by atoms with Crippen LogP contribution >= 0.6 is 0 Å². The molecule has 6 nitrogen and oxygen atoms in total. The Morgan fingerprint density at radius 3 is 2.30 bits per heavy atom. The minimum atomic E-state index is -0.426. The van der Waals surface area contributed by atoms with Crippen molar-refractivity contribution in [1.29, 1.82) is 0 Å². The van der Waals surface area contributed by atoms with E-state index in [1.165, 1.54) is 18.2 Å². The van der Waals surface area contributed by atoms with Crippen LogP contribution in [0.25, 0.3) is 0 Å². The van der Waals surface area contributed by atoms with Gasteiger partial charge in [0.1, 0.15) is 5.82 Å². The van der Waals surface area contributed by atoms with Crippen molar-refractivity contribution in [3.8, 4) is 0 Å². The molecule has 3 amide bonds. The zero-order valence-electron chi connectivity index (χ0n) is 15.6. The predicted molar refractivity (Wildman–Crippen MR) is 106 cm³/mol. The number of hydrogen-bond acceptors (Lipinski definition) is 3. The first kappa shape index (κ1) is 20.4. The number of amides is 3. The number of rotatable bonds is 8. The second-order valence-electron chi connectivity index (χ2n) is 5.95. The first-order valence-electron chi connectivity index (χ1n) is 8.96. The highest BCUT2D eigenvalue weighted by Gasteiger charge is 2.09. The monoisotopic (exact) mass is 372 g/mol. The van der Waals surface area contributed by atoms with Crippen molar-refractivity contribution < 1.29 is 14.0 Å². The molecule has 0 aliphatic heterocycles. The van der Waals surface area contributed by atoms with Gasteiger partial charge in [-0.05, 0) is 49.5 Å². The van der Waals surface area contributed by atoms with Gasteiger partial charge in [-0.2, -0.15) is 0 Å². The fraction of sp³-hybridized carbons (Fsp3) is 0.300. The highest BCUT2D eigenvalue weighted by Crippen LogP contribution is 2.14. The third-order valence-electron chi connectivity index (χ3n) is 4.07. The molecule has 2 aromatic carbocycles. The van der Waals surface area contributed by atoms with Gasteiger partial charge >= 0.3 is 6.03 Å². The lowest BCUT2D eigenvalue weighted by Gasteiger charge is -2.18. The van der Waals surface area contributed by atoms with Crippen molar-refractivity contribution in [1.82, 2.24) is 10.2 Å². The predicted octanol–water partition coefficient (Wildman–Crippen LogP) is 3.54. The van der Waals surface area contributed by atoms with Gasteiger partial charge in [0, 0.05) is 30.0 Å². The summed E-state index contributed by atoms with van der Waals surface area (Å²) in [4.78, 5) is 26.5. The van der Waals surface area contributed by atoms with E-state index in [1.54, 1.807) is 30.3 Å². The topological polar surface area (TPSA) is 73.5 Å². The van der Waals surface area contributed by atoms with E-state index in [0.29, 0.717) is 23.5 Å². The number of carbonyl (C=O) groups excluding carboxylic acids is 2. The van der Waals surface area contributed by atoms with Crippen LogP contribution in [0.2, 0.25) is 0 Å². The summed E-state index contributed by atoms with van der Waals surface area (Å²) in [6.07, 6.45) is 0. The number of anilines is 2. The van der Waals surface area contributed by atoms with Gasteiger partial charge in [-0.3, -0.25) is 4.79 Å². The molecule has 144 valence electrons. The Hall–Kier alpha value is -2.93. The van der Waals surface area contributed by atoms with Gasteiger partial charge in [0.25, 0.3) is 5.91 Å². The third-order valence-corrected chi connectivity index (χ3v) is 4.07. The molecule has 0 aromatic heterocycles. The minimum Gasteiger partial charge on any atom is -0.337 e. The number of carbonyl (C=O) groups is 2. The molecule has 0 saturated heterocycles. The first-order valence-corrected chi connectivity index (χ1v) is 8.96. The van der Waals surface area contributed by atoms with Gasteiger partial charge in [-0.1, -0.05) is 26.0 Å². The lowest BCUT2D eigenvalue weighted by molar-refractivity contribution is 0.102. The average Bonchev–Trinajstić information content (AvgIpc) is 2.65. The van der Waals surface area contributed by atoms with Gasteiger partial charge < -0.3 is 20.9 Å². The number of halogens is 1. The molecule has 0 unspecified atom stereocenters. The standard InChI is InChI=1S/C20H25FN4O2/c1-3-25(4-2)12-11-22-20(27)24-17-9-5-7-15(13-17)19(26)23-18-10-6-8-16(21)14-18/h5-10,13-14H,3-4,11-12H2,1-2H3,(H,23,26)(H2,22,24,27). The molecule has 0 atom stereocenters. The summed E-state index contributed by atoms with van der Waals surface area (Å²) in [5.41, 5.74) is 1.23. The number of nitrogens with one attached hydrogen (secondary N) is 3. The lowest BCUT2D eigenvalue weighted by Crippen LogP contribution is -2.36. The average molecular weight is 372 g/mol. The van der Waals surface area contributed by atoms with E-state index in [2.05, 4.69) is 34.7 Å². The molecule has 0 aliphatic rings. The third kappa shape index (κ3) is 6.71. The number of likely N-dealkylation sites (N-methyl/N-ethyl adjacent to an activating group) is 1. The van der Waals surface area contributed by atoms with Crippen LogP contribution in [-0.2, 0) is 0 Å². The maximum atomic E-state index is 13.2. The molecule has 0 heterocycles. The zero-order chi connectivity index (χ0) is 19.6. The van der Waals surface area contributed by atoms with Gasteiger partial charge in [0.15, 0.2) is 0 Å². The van der Waals surface area contributed by atoms with Crippen LogP contribution in [0.15, 0.2) is 48.5 Å². The Labute approximate surface area is 158 Å². The Bertz CT molecular complexity index is 778. The van der Waals surface area contributed by atoms with Crippen LogP contribution < -0.4 is 16.0 Å². The highest BCUT2D eigenvalue weighted by molar-refractivity contribution is 6.05. The molecule has 2 rings (SSSR count). The molecule has 2 aromatic rings. The van der Waals surface area contributed by atoms with Gasteiger partial charge in [0.05, 0.1) is 0 Å². The van der Waals surface area contributed by atoms with Gasteiger partial charge in [-0.25, -0.2) is 9.18 Å². The summed E-state index contributed by atoms with van der Waals surface area (Å²) >= 11 is 0. The fourth-order valence-corrected chi connectivity index (χ4v) is 2.55. The normalized spacial score (nSPS) is 10.5. The van der Waals surface area contributed by atoms with Crippen LogP contribution in [0.1, 0.15) is 24.2 Å². The van der Waals surface area contributed by atoms with Crippen LogP contribution in [-0.4, -0.2) is 43.0 Å². The molecule has 7 heteroatoms. The minimum absolute atomic E-state index is 0.329. The molecule has 0 spiro atoms. The second kappa shape index (κ2) is 10.3. The van der Waals surface area contributed by atoms with E-state index in [-0.39, 0.29) is 11.9 Å². The van der Waals surface area contributed by atoms with Crippen LogP contribution in [0, 0.1) is 5.82 Å². The Kier molecular flexibility index (Phi) is 7.76. The quantitative estimate of drug-likeness (QED) is 0.664. The van der Waals surface area contributed by atoms with E-state index in [0.717, 1.165) is 19.6 Å². The van der Waals surface area contributed by atoms with Crippen LogP contribution in [0.5, 0.6) is 0 Å². The number of nitrogens with zero attached hydrogens (tertiary/aromatic N) is 1. The van der Waals surface area contributed by atoms with Crippen molar-refractivity contribution >= 4 is 23.3 Å². The Morgan fingerprint density at radius 2 is 1.63 bits per heavy atom. The summed E-state index contributed by atoms with van der Waals surface area (Å²) in [6.45, 7) is 7.32. The van der Waals surface area contributed by atoms with Gasteiger partial charge in [-0.15, -0.1) is 0 Å². The van der Waals surface area contributed by atoms with E-state index in [4.69, 9.17) is 0 Å². The van der Waals surface area contributed by atoms with Gasteiger partial charge in [0.2, 0.25) is 0 Å². The van der Waals surface area contributed by atoms with Crippen molar-refractivity contribution in [2.45, 2.75) is 13.8 Å². The fourth-order valence-electron chi connectivity index (χ4n) is 2.55. The van der Waals surface area contributed by atoms with E-state index in [9.17, 15) is 14.0 Å². The van der Waals surface area contributed by atoms with E-state index in [1.807, 2.05) is 0 Å². The lowest BCUT2D eigenvalue weighted by atomic mass is 10.2. The number of urea groups is 1. The maximum Gasteiger partial charge on any atom is 0.319 e. The summed E-state index contributed by atoms with van der Waals surface area (Å²) in [7, 11) is 0. The zero-order valence-corrected chi connectivity index (χ0v) is 15.6. The largest absolute Gasteiger partial charge is 0.337 e. The molecule has 27 heavy (non-hydrogen) atoms. The smallest absolute Gasteiger partial charge is 0.319 e. The summed E-state index contributed by atoms with van der Waals surface area (Å²) in [5, 5.41) is 8.13. The van der Waals surface area contributed by atoms with Crippen molar-refractivity contribution in [3.05, 3.63) is 59.9 Å². The highest BCUT2D eigenvalue weighted by atomic mass is 19.1. The van der Waals surface area contributed by atoms with E-state index < -0.39 is 5.82 Å².